The van der Waals surface area contributed by atoms with E-state index in [1.54, 1.807) is 0 Å². The highest BCUT2D eigenvalue weighted by Crippen LogP contribution is 2.44. The van der Waals surface area contributed by atoms with E-state index in [-0.39, 0.29) is 17.3 Å². The van der Waals surface area contributed by atoms with Gasteiger partial charge in [0.2, 0.25) is 0 Å². The van der Waals surface area contributed by atoms with Crippen molar-refractivity contribution in [2.45, 2.75) is 31.8 Å². The Balaban J connectivity index is 1.65. The molecule has 1 aliphatic carbocycles. The fourth-order valence-electron chi connectivity index (χ4n) is 4.30. The van der Waals surface area contributed by atoms with E-state index < -0.39 is 0 Å². The lowest BCUT2D eigenvalue weighted by atomic mass is 9.71. The molecule has 0 bridgehead atoms. The Morgan fingerprint density at radius 2 is 2.07 bits per heavy atom. The summed E-state index contributed by atoms with van der Waals surface area (Å²) in [6.07, 6.45) is 0.976. The van der Waals surface area contributed by atoms with E-state index in [0.29, 0.717) is 12.3 Å². The molecule has 138 valence electrons. The first-order valence-electron chi connectivity index (χ1n) is 9.30. The van der Waals surface area contributed by atoms with E-state index in [9.17, 15) is 4.79 Å². The summed E-state index contributed by atoms with van der Waals surface area (Å²) in [7, 11) is 0. The van der Waals surface area contributed by atoms with Gasteiger partial charge in [-0.25, -0.2) is 0 Å². The van der Waals surface area contributed by atoms with Crippen LogP contribution in [0, 0.1) is 0 Å². The predicted molar refractivity (Wildman–Crippen MR) is 105 cm³/mol. The molecule has 3 aromatic rings. The molecule has 5 nitrogen and oxygen atoms in total. The normalized spacial score (nSPS) is 20.5. The van der Waals surface area contributed by atoms with Gasteiger partial charge >= 0.3 is 0 Å². The lowest BCUT2D eigenvalue weighted by molar-refractivity contribution is 0.103. The fourth-order valence-corrected chi connectivity index (χ4v) is 4.30. The minimum absolute atomic E-state index is 0.0473. The molecule has 1 fully saturated rings. The Labute approximate surface area is 157 Å². The third-order valence-corrected chi connectivity index (χ3v) is 5.77. The molecule has 1 atom stereocenters. The number of hydrogen-bond donors (Lipinski definition) is 2. The maximum atomic E-state index is 13.3. The number of nitrogens with two attached hydrogens (primary N) is 1. The first-order chi connectivity index (χ1) is 12.9. The number of anilines is 1. The van der Waals surface area contributed by atoms with Gasteiger partial charge in [-0.15, -0.1) is 0 Å². The Morgan fingerprint density at radius 1 is 1.22 bits per heavy atom. The van der Waals surface area contributed by atoms with E-state index in [2.05, 4.69) is 18.8 Å². The molecule has 0 saturated carbocycles. The maximum absolute atomic E-state index is 13.3. The minimum Gasteiger partial charge on any atom is -0.488 e. The van der Waals surface area contributed by atoms with Crippen LogP contribution in [0.2, 0.25) is 0 Å². The lowest BCUT2D eigenvalue weighted by Gasteiger charge is -2.32. The minimum atomic E-state index is -0.349. The van der Waals surface area contributed by atoms with Crippen molar-refractivity contribution < 1.29 is 14.3 Å². The molecule has 2 aliphatic rings. The van der Waals surface area contributed by atoms with Gasteiger partial charge < -0.3 is 20.2 Å². The van der Waals surface area contributed by atoms with Gasteiger partial charge in [0, 0.05) is 39.7 Å². The highest BCUT2D eigenvalue weighted by Gasteiger charge is 2.40. The number of carbonyl (C=O) groups excluding carboxylic acids is 1. The average molecular weight is 362 g/mol. The number of hydrogen-bond acceptors (Lipinski definition) is 4. The number of aromatic nitrogens is 1. The topological polar surface area (TPSA) is 77.3 Å². The Hall–Kier alpha value is -2.79. The van der Waals surface area contributed by atoms with Crippen molar-refractivity contribution >= 4 is 22.4 Å². The van der Waals surface area contributed by atoms with Gasteiger partial charge in [-0.2, -0.15) is 0 Å². The quantitative estimate of drug-likeness (QED) is 0.680. The number of benzene rings is 2. The van der Waals surface area contributed by atoms with Crippen LogP contribution in [0.3, 0.4) is 0 Å². The molecular formula is C22H22N2O3. The molecule has 5 heteroatoms. The van der Waals surface area contributed by atoms with Crippen LogP contribution in [0.15, 0.2) is 36.4 Å². The van der Waals surface area contributed by atoms with Crippen LogP contribution in [0.5, 0.6) is 5.75 Å². The molecule has 5 rings (SSSR count). The molecule has 0 amide bonds. The summed E-state index contributed by atoms with van der Waals surface area (Å²) >= 11 is 0. The zero-order chi connectivity index (χ0) is 18.8. The first kappa shape index (κ1) is 16.4. The van der Waals surface area contributed by atoms with Crippen LogP contribution in [-0.4, -0.2) is 30.1 Å². The van der Waals surface area contributed by atoms with Crippen LogP contribution in [0.25, 0.3) is 10.9 Å². The van der Waals surface area contributed by atoms with Crippen LogP contribution in [-0.2, 0) is 10.2 Å². The summed E-state index contributed by atoms with van der Waals surface area (Å²) in [5, 5.41) is 0.923. The van der Waals surface area contributed by atoms with E-state index in [1.165, 1.54) is 0 Å². The third kappa shape index (κ3) is 2.38. The number of rotatable bonds is 2. The standard InChI is InChI=1S/C22H22N2O3/c1-22(2)17-10-13(27-14-7-8-26-11-14)4-6-15(17)20(25)19-16-5-3-12(23)9-18(16)24-21(19)22/h3-6,9-10,14,24H,7-8,11,23H2,1-2H3/t14-/m1/s1. The molecule has 1 aromatic heterocycles. The van der Waals surface area contributed by atoms with E-state index in [0.717, 1.165) is 52.1 Å². The Morgan fingerprint density at radius 3 is 2.85 bits per heavy atom. The largest absolute Gasteiger partial charge is 0.488 e. The smallest absolute Gasteiger partial charge is 0.195 e. The molecule has 2 heterocycles. The molecule has 1 saturated heterocycles. The molecule has 0 unspecified atom stereocenters. The van der Waals surface area contributed by atoms with Crippen molar-refractivity contribution in [1.82, 2.24) is 4.98 Å². The first-order valence-corrected chi connectivity index (χ1v) is 9.30. The fraction of sp³-hybridized carbons (Fsp3) is 0.318. The van der Waals surface area contributed by atoms with Crippen molar-refractivity contribution in [3.8, 4) is 5.75 Å². The van der Waals surface area contributed by atoms with Gasteiger partial charge in [-0.3, -0.25) is 4.79 Å². The Kier molecular flexibility index (Phi) is 3.40. The van der Waals surface area contributed by atoms with Gasteiger partial charge in [0.1, 0.15) is 11.9 Å². The number of ether oxygens (including phenoxy) is 2. The van der Waals surface area contributed by atoms with Crippen molar-refractivity contribution in [1.29, 1.82) is 0 Å². The second-order valence-electron chi connectivity index (χ2n) is 7.94. The summed E-state index contributed by atoms with van der Waals surface area (Å²) in [5.74, 6) is 0.833. The zero-order valence-electron chi connectivity index (χ0n) is 15.5. The monoisotopic (exact) mass is 362 g/mol. The van der Waals surface area contributed by atoms with Crippen molar-refractivity contribution in [2.24, 2.45) is 0 Å². The second-order valence-corrected chi connectivity index (χ2v) is 7.94. The number of ketones is 1. The van der Waals surface area contributed by atoms with Crippen LogP contribution < -0.4 is 10.5 Å². The summed E-state index contributed by atoms with van der Waals surface area (Å²) in [6, 6.07) is 11.4. The highest BCUT2D eigenvalue weighted by atomic mass is 16.5. The van der Waals surface area contributed by atoms with Crippen LogP contribution >= 0.6 is 0 Å². The molecule has 2 aromatic carbocycles. The number of H-pyrrole nitrogens is 1. The highest BCUT2D eigenvalue weighted by molar-refractivity contribution is 6.20. The molecule has 0 spiro atoms. The van der Waals surface area contributed by atoms with Crippen LogP contribution in [0.4, 0.5) is 5.69 Å². The molecule has 3 N–H and O–H groups in total. The Bertz CT molecular complexity index is 1070. The zero-order valence-corrected chi connectivity index (χ0v) is 15.5. The van der Waals surface area contributed by atoms with Gasteiger partial charge in [-0.1, -0.05) is 19.9 Å². The lowest BCUT2D eigenvalue weighted by Crippen LogP contribution is -2.30. The summed E-state index contributed by atoms with van der Waals surface area (Å²) in [6.45, 7) is 5.63. The number of nitrogen functional groups attached to an aromatic ring is 1. The van der Waals surface area contributed by atoms with Crippen molar-refractivity contribution in [3.63, 3.8) is 0 Å². The van der Waals surface area contributed by atoms with E-state index in [1.807, 2.05) is 36.4 Å². The third-order valence-electron chi connectivity index (χ3n) is 5.77. The molecule has 1 aliphatic heterocycles. The number of fused-ring (bicyclic) bond motifs is 4. The van der Waals surface area contributed by atoms with Gasteiger partial charge in [-0.05, 0) is 35.9 Å². The number of aromatic amines is 1. The number of nitrogens with one attached hydrogen (secondary N) is 1. The van der Waals surface area contributed by atoms with E-state index >= 15 is 0 Å². The van der Waals surface area contributed by atoms with Crippen molar-refractivity contribution in [2.75, 3.05) is 18.9 Å². The summed E-state index contributed by atoms with van der Waals surface area (Å²) in [5.41, 5.74) is 10.6. The maximum Gasteiger partial charge on any atom is 0.195 e. The summed E-state index contributed by atoms with van der Waals surface area (Å²) < 4.78 is 11.5. The van der Waals surface area contributed by atoms with Gasteiger partial charge in [0.05, 0.1) is 18.8 Å². The average Bonchev–Trinajstić information content (AvgIpc) is 3.27. The molecule has 0 radical (unpaired) electrons. The van der Waals surface area contributed by atoms with Gasteiger partial charge in [0.15, 0.2) is 5.78 Å². The SMILES string of the molecule is CC1(C)c2cc(O[C@@H]3CCOC3)ccc2C(=O)c2c1[nH]c1cc(N)ccc21. The van der Waals surface area contributed by atoms with Crippen molar-refractivity contribution in [3.05, 3.63) is 58.8 Å². The predicted octanol–water partition coefficient (Wildman–Crippen LogP) is 3.79. The van der Waals surface area contributed by atoms with Crippen LogP contribution in [0.1, 0.15) is 47.4 Å². The molecule has 27 heavy (non-hydrogen) atoms. The van der Waals surface area contributed by atoms with Gasteiger partial charge in [0.25, 0.3) is 0 Å². The second kappa shape index (κ2) is 5.60. The number of carbonyl (C=O) groups is 1. The molecular weight excluding hydrogens is 340 g/mol. The summed E-state index contributed by atoms with van der Waals surface area (Å²) in [4.78, 5) is 16.7. The van der Waals surface area contributed by atoms with E-state index in [4.69, 9.17) is 15.2 Å².